The molecule has 0 aromatic carbocycles. The van der Waals surface area contributed by atoms with Crippen molar-refractivity contribution < 1.29 is 9.90 Å². The molecule has 0 bridgehead atoms. The minimum atomic E-state index is -0.880. The highest BCUT2D eigenvalue weighted by Crippen LogP contribution is 2.11. The van der Waals surface area contributed by atoms with E-state index < -0.39 is 5.97 Å². The molecule has 0 aliphatic heterocycles. The van der Waals surface area contributed by atoms with E-state index in [1.54, 1.807) is 6.08 Å². The van der Waals surface area contributed by atoms with Gasteiger partial charge in [0, 0.05) is 10.9 Å². The number of hydrogen-bond acceptors (Lipinski definition) is 1. The third kappa shape index (κ3) is 7.79. The van der Waals surface area contributed by atoms with E-state index in [0.29, 0.717) is 0 Å². The third-order valence-electron chi connectivity index (χ3n) is 1.53. The first-order valence-corrected chi connectivity index (χ1v) is 5.13. The lowest BCUT2D eigenvalue weighted by Gasteiger charge is -2.01. The van der Waals surface area contributed by atoms with Gasteiger partial charge in [-0.2, -0.15) is 0 Å². The molecule has 0 aliphatic rings. The van der Waals surface area contributed by atoms with E-state index in [1.165, 1.54) is 18.9 Å². The van der Waals surface area contributed by atoms with Crippen LogP contribution in [0.4, 0.5) is 0 Å². The molecule has 1 N–H and O–H groups in total. The number of rotatable bonds is 6. The molecule has 0 aromatic heterocycles. The van der Waals surface area contributed by atoms with Crippen molar-refractivity contribution in [2.24, 2.45) is 0 Å². The summed E-state index contributed by atoms with van der Waals surface area (Å²) >= 11 is 3.39. The molecule has 12 heavy (non-hydrogen) atoms. The van der Waals surface area contributed by atoms with Crippen LogP contribution in [-0.4, -0.2) is 15.9 Å². The van der Waals surface area contributed by atoms with E-state index in [9.17, 15) is 4.79 Å². The maximum Gasteiger partial charge on any atom is 0.328 e. The predicted molar refractivity (Wildman–Crippen MR) is 53.6 cm³/mol. The van der Waals surface area contributed by atoms with E-state index in [-0.39, 0.29) is 4.83 Å². The van der Waals surface area contributed by atoms with Gasteiger partial charge in [-0.25, -0.2) is 4.79 Å². The van der Waals surface area contributed by atoms with Gasteiger partial charge in [0.05, 0.1) is 0 Å². The molecule has 0 radical (unpaired) electrons. The van der Waals surface area contributed by atoms with Crippen molar-refractivity contribution in [2.45, 2.75) is 37.4 Å². The molecule has 0 spiro atoms. The third-order valence-corrected chi connectivity index (χ3v) is 2.29. The predicted octanol–water partition coefficient (Wildman–Crippen LogP) is 2.97. The lowest BCUT2D eigenvalue weighted by molar-refractivity contribution is -0.131. The second-order valence-corrected chi connectivity index (χ2v) is 3.89. The van der Waals surface area contributed by atoms with Gasteiger partial charge in [0.2, 0.25) is 0 Å². The van der Waals surface area contributed by atoms with E-state index in [4.69, 9.17) is 5.11 Å². The van der Waals surface area contributed by atoms with Crippen LogP contribution >= 0.6 is 15.9 Å². The van der Waals surface area contributed by atoms with Gasteiger partial charge < -0.3 is 5.11 Å². The Bertz CT molecular complexity index is 155. The molecule has 0 fully saturated rings. The molecule has 0 heterocycles. The Morgan fingerprint density at radius 1 is 1.58 bits per heavy atom. The summed E-state index contributed by atoms with van der Waals surface area (Å²) in [5.41, 5.74) is 0. The Hall–Kier alpha value is -0.310. The molecule has 0 rings (SSSR count). The normalized spacial score (nSPS) is 13.5. The van der Waals surface area contributed by atoms with E-state index in [2.05, 4.69) is 22.9 Å². The van der Waals surface area contributed by atoms with Crippen LogP contribution in [0.25, 0.3) is 0 Å². The minimum absolute atomic E-state index is 0.208. The Labute approximate surface area is 81.8 Å². The molecule has 0 aliphatic carbocycles. The first kappa shape index (κ1) is 11.7. The van der Waals surface area contributed by atoms with E-state index in [1.807, 2.05) is 0 Å². The Morgan fingerprint density at radius 2 is 2.25 bits per heavy atom. The molecule has 0 amide bonds. The molecule has 0 saturated heterocycles. The number of aliphatic carboxylic acids is 1. The van der Waals surface area contributed by atoms with Crippen LogP contribution in [0.3, 0.4) is 0 Å². The highest BCUT2D eigenvalue weighted by molar-refractivity contribution is 9.09. The number of hydrogen-bond donors (Lipinski definition) is 1. The second-order valence-electron chi connectivity index (χ2n) is 2.71. The topological polar surface area (TPSA) is 37.3 Å². The van der Waals surface area contributed by atoms with Crippen LogP contribution in [0, 0.1) is 0 Å². The Kier molecular flexibility index (Phi) is 7.16. The molecule has 70 valence electrons. The van der Waals surface area contributed by atoms with Gasteiger partial charge in [-0.05, 0) is 6.42 Å². The van der Waals surface area contributed by atoms with Crippen molar-refractivity contribution in [3.8, 4) is 0 Å². The zero-order valence-corrected chi connectivity index (χ0v) is 8.88. The molecule has 1 atom stereocenters. The van der Waals surface area contributed by atoms with Crippen molar-refractivity contribution in [1.29, 1.82) is 0 Å². The molecule has 1 unspecified atom stereocenters. The van der Waals surface area contributed by atoms with Crippen molar-refractivity contribution in [3.63, 3.8) is 0 Å². The molecule has 0 aromatic rings. The zero-order valence-electron chi connectivity index (χ0n) is 7.29. The fourth-order valence-corrected chi connectivity index (χ4v) is 1.35. The summed E-state index contributed by atoms with van der Waals surface area (Å²) in [6, 6.07) is 0. The molecular formula is C9H15BrO2. The maximum absolute atomic E-state index is 10.1. The van der Waals surface area contributed by atoms with Crippen LogP contribution in [-0.2, 0) is 4.79 Å². The van der Waals surface area contributed by atoms with Crippen molar-refractivity contribution in [1.82, 2.24) is 0 Å². The average Bonchev–Trinajstić information content (AvgIpc) is 2.01. The lowest BCUT2D eigenvalue weighted by Crippen LogP contribution is -1.95. The van der Waals surface area contributed by atoms with Gasteiger partial charge in [0.15, 0.2) is 0 Å². The van der Waals surface area contributed by atoms with Gasteiger partial charge in [0.1, 0.15) is 0 Å². The number of carbonyl (C=O) groups is 1. The monoisotopic (exact) mass is 234 g/mol. The maximum atomic E-state index is 10.1. The number of unbranched alkanes of at least 4 members (excludes halogenated alkanes) is 2. The smallest absolute Gasteiger partial charge is 0.328 e. The van der Waals surface area contributed by atoms with Gasteiger partial charge in [-0.15, -0.1) is 0 Å². The lowest BCUT2D eigenvalue weighted by atomic mass is 10.1. The van der Waals surface area contributed by atoms with E-state index >= 15 is 0 Å². The van der Waals surface area contributed by atoms with Crippen molar-refractivity contribution >= 4 is 21.9 Å². The number of halogens is 1. The largest absolute Gasteiger partial charge is 0.478 e. The summed E-state index contributed by atoms with van der Waals surface area (Å²) < 4.78 is 0. The summed E-state index contributed by atoms with van der Waals surface area (Å²) in [6.07, 6.45) is 7.43. The van der Waals surface area contributed by atoms with Gasteiger partial charge in [0.25, 0.3) is 0 Å². The Morgan fingerprint density at radius 3 is 2.75 bits per heavy atom. The van der Waals surface area contributed by atoms with Gasteiger partial charge in [-0.3, -0.25) is 0 Å². The fraction of sp³-hybridized carbons (Fsp3) is 0.667. The first-order valence-electron chi connectivity index (χ1n) is 4.22. The summed E-state index contributed by atoms with van der Waals surface area (Å²) in [5, 5.41) is 8.33. The highest BCUT2D eigenvalue weighted by atomic mass is 79.9. The summed E-state index contributed by atoms with van der Waals surface area (Å²) in [4.78, 5) is 10.3. The Balaban J connectivity index is 3.45. The first-order chi connectivity index (χ1) is 5.66. The fourth-order valence-electron chi connectivity index (χ4n) is 0.872. The van der Waals surface area contributed by atoms with Crippen LogP contribution in [0.15, 0.2) is 12.2 Å². The molecule has 2 nitrogen and oxygen atoms in total. The summed E-state index contributed by atoms with van der Waals surface area (Å²) in [7, 11) is 0. The van der Waals surface area contributed by atoms with Crippen LogP contribution < -0.4 is 0 Å². The van der Waals surface area contributed by atoms with E-state index in [0.717, 1.165) is 12.8 Å². The number of alkyl halides is 1. The second kappa shape index (κ2) is 7.35. The standard InChI is InChI=1S/C9H15BrO2/c1-2-3-4-5-8(10)6-7-9(11)12/h6-8H,2-5H2,1H3,(H,11,12)/b7-6+. The van der Waals surface area contributed by atoms with Crippen molar-refractivity contribution in [2.75, 3.05) is 0 Å². The van der Waals surface area contributed by atoms with Crippen molar-refractivity contribution in [3.05, 3.63) is 12.2 Å². The highest BCUT2D eigenvalue weighted by Gasteiger charge is 1.98. The molecule has 0 saturated carbocycles. The SMILES string of the molecule is CCCCCC(Br)/C=C/C(=O)O. The van der Waals surface area contributed by atoms with Gasteiger partial charge in [-0.1, -0.05) is 48.2 Å². The summed E-state index contributed by atoms with van der Waals surface area (Å²) in [5.74, 6) is -0.880. The zero-order chi connectivity index (χ0) is 9.40. The molecular weight excluding hydrogens is 220 g/mol. The summed E-state index contributed by atoms with van der Waals surface area (Å²) in [6.45, 7) is 2.15. The average molecular weight is 235 g/mol. The molecule has 3 heteroatoms. The minimum Gasteiger partial charge on any atom is -0.478 e. The number of carboxylic acid groups (broad SMARTS) is 1. The number of allylic oxidation sites excluding steroid dienone is 1. The van der Waals surface area contributed by atoms with Crippen LogP contribution in [0.2, 0.25) is 0 Å². The number of carboxylic acids is 1. The van der Waals surface area contributed by atoms with Crippen LogP contribution in [0.5, 0.6) is 0 Å². The quantitative estimate of drug-likeness (QED) is 0.436. The van der Waals surface area contributed by atoms with Gasteiger partial charge >= 0.3 is 5.97 Å². The van der Waals surface area contributed by atoms with Crippen LogP contribution in [0.1, 0.15) is 32.6 Å².